The molecule has 0 spiro atoms. The lowest BCUT2D eigenvalue weighted by Gasteiger charge is -2.20. The van der Waals surface area contributed by atoms with Crippen molar-refractivity contribution in [3.63, 3.8) is 0 Å². The van der Waals surface area contributed by atoms with Crippen LogP contribution in [0.1, 0.15) is 27.4 Å². The maximum Gasteiger partial charge on any atom is 0.270 e. The van der Waals surface area contributed by atoms with E-state index in [1.807, 2.05) is 24.3 Å². The Morgan fingerprint density at radius 1 is 1.03 bits per heavy atom. The first kappa shape index (κ1) is 25.0. The van der Waals surface area contributed by atoms with Crippen molar-refractivity contribution in [1.29, 1.82) is 5.26 Å². The Balaban J connectivity index is 1.30. The van der Waals surface area contributed by atoms with Crippen LogP contribution < -0.4 is 19.7 Å². The van der Waals surface area contributed by atoms with Gasteiger partial charge in [0.2, 0.25) is 0 Å². The number of aromatic nitrogens is 2. The van der Waals surface area contributed by atoms with Crippen molar-refractivity contribution in [2.45, 2.75) is 6.04 Å². The zero-order chi connectivity index (χ0) is 27.2. The van der Waals surface area contributed by atoms with Crippen LogP contribution in [0, 0.1) is 23.2 Å². The van der Waals surface area contributed by atoms with E-state index in [1.54, 1.807) is 61.6 Å². The van der Waals surface area contributed by atoms with Crippen molar-refractivity contribution in [3.8, 4) is 35.2 Å². The van der Waals surface area contributed by atoms with E-state index in [2.05, 4.69) is 27.1 Å². The molecule has 2 aromatic heterocycles. The van der Waals surface area contributed by atoms with Gasteiger partial charge in [-0.3, -0.25) is 14.6 Å². The number of nitrogens with zero attached hydrogens (tertiary/aromatic N) is 4. The topological polar surface area (TPSA) is 117 Å². The Morgan fingerprint density at radius 3 is 2.67 bits per heavy atom. The summed E-state index contributed by atoms with van der Waals surface area (Å²) in [4.78, 5) is 35.9. The first-order valence-electron chi connectivity index (χ1n) is 11.9. The van der Waals surface area contributed by atoms with Crippen LogP contribution in [0.15, 0.2) is 85.1 Å². The Hall–Kier alpha value is -5.67. The van der Waals surface area contributed by atoms with Crippen molar-refractivity contribution >= 4 is 17.5 Å². The lowest BCUT2D eigenvalue weighted by molar-refractivity contribution is -0.120. The second-order valence-corrected chi connectivity index (χ2v) is 8.48. The van der Waals surface area contributed by atoms with Gasteiger partial charge in [-0.1, -0.05) is 30.2 Å². The number of carbonyl (C=O) groups excluding carboxylic acids is 2. The Kier molecular flexibility index (Phi) is 7.15. The van der Waals surface area contributed by atoms with Crippen LogP contribution in [0.3, 0.4) is 0 Å². The minimum Gasteiger partial charge on any atom is -0.489 e. The number of hydrogen-bond acceptors (Lipinski definition) is 7. The predicted octanol–water partition coefficient (Wildman–Crippen LogP) is 3.69. The summed E-state index contributed by atoms with van der Waals surface area (Å²) < 4.78 is 11.7. The smallest absolute Gasteiger partial charge is 0.270 e. The molecule has 5 rings (SSSR count). The van der Waals surface area contributed by atoms with E-state index < -0.39 is 11.9 Å². The molecule has 4 aromatic rings. The minimum atomic E-state index is -0.942. The van der Waals surface area contributed by atoms with Gasteiger partial charge in [-0.2, -0.15) is 5.26 Å². The number of nitrogens with one attached hydrogen (secondary N) is 1. The molecule has 190 valence electrons. The maximum absolute atomic E-state index is 13.3. The second kappa shape index (κ2) is 11.2. The van der Waals surface area contributed by atoms with Crippen molar-refractivity contribution in [3.05, 3.63) is 108 Å². The van der Waals surface area contributed by atoms with Gasteiger partial charge in [-0.25, -0.2) is 4.98 Å². The van der Waals surface area contributed by atoms with Crippen LogP contribution in [-0.4, -0.2) is 41.5 Å². The van der Waals surface area contributed by atoms with E-state index in [-0.39, 0.29) is 23.9 Å². The maximum atomic E-state index is 13.3. The summed E-state index contributed by atoms with van der Waals surface area (Å²) in [5, 5.41) is 11.7. The number of rotatable bonds is 4. The van der Waals surface area contributed by atoms with E-state index in [4.69, 9.17) is 14.7 Å². The first-order chi connectivity index (χ1) is 19.0. The summed E-state index contributed by atoms with van der Waals surface area (Å²) in [6.07, 6.45) is 1.47. The Bertz CT molecular complexity index is 1650. The van der Waals surface area contributed by atoms with E-state index in [0.29, 0.717) is 34.2 Å². The van der Waals surface area contributed by atoms with Gasteiger partial charge in [0, 0.05) is 24.9 Å². The molecule has 2 aromatic carbocycles. The third-order valence-electron chi connectivity index (χ3n) is 5.80. The second-order valence-electron chi connectivity index (χ2n) is 8.48. The predicted molar refractivity (Wildman–Crippen MR) is 142 cm³/mol. The van der Waals surface area contributed by atoms with Gasteiger partial charge in [-0.15, -0.1) is 0 Å². The molecule has 0 fully saturated rings. The third kappa shape index (κ3) is 5.85. The van der Waals surface area contributed by atoms with Crippen molar-refractivity contribution < 1.29 is 19.1 Å². The van der Waals surface area contributed by atoms with Crippen LogP contribution in [0.5, 0.6) is 17.2 Å². The fourth-order valence-corrected chi connectivity index (χ4v) is 3.84. The number of likely N-dealkylation sites (N-methyl/N-ethyl adjacent to an activating group) is 1. The van der Waals surface area contributed by atoms with E-state index in [0.717, 1.165) is 0 Å². The van der Waals surface area contributed by atoms with Gasteiger partial charge in [0.05, 0.1) is 5.69 Å². The summed E-state index contributed by atoms with van der Waals surface area (Å²) in [5.41, 5.74) is 1.98. The van der Waals surface area contributed by atoms with Crippen LogP contribution in [-0.2, 0) is 4.79 Å². The van der Waals surface area contributed by atoms with Crippen LogP contribution >= 0.6 is 0 Å². The van der Waals surface area contributed by atoms with Gasteiger partial charge in [0.1, 0.15) is 53.0 Å². The molecular formula is C30H21N5O4. The van der Waals surface area contributed by atoms with Crippen LogP contribution in [0.2, 0.25) is 0 Å². The highest BCUT2D eigenvalue weighted by molar-refractivity contribution is 6.03. The van der Waals surface area contributed by atoms with E-state index in [1.165, 1.54) is 17.2 Å². The standard InChI is InChI=1S/C30H21N5O4/c1-35-27-16-20(10-12-21-6-5-7-22(18-31)33-21)11-13-28(27)38-19-26(30(35)37)34-29(36)25-17-24(14-15-32-25)39-23-8-3-2-4-9-23/h2-9,11,13-17,26H,19H2,1H3,(H,34,36). The van der Waals surface area contributed by atoms with Crippen molar-refractivity contribution in [2.75, 3.05) is 18.6 Å². The highest BCUT2D eigenvalue weighted by Crippen LogP contribution is 2.31. The molecule has 0 aliphatic carbocycles. The number of carbonyl (C=O) groups is 2. The Labute approximate surface area is 224 Å². The number of ether oxygens (including phenoxy) is 2. The molecule has 3 heterocycles. The summed E-state index contributed by atoms with van der Waals surface area (Å²) >= 11 is 0. The zero-order valence-electron chi connectivity index (χ0n) is 20.8. The van der Waals surface area contributed by atoms with Crippen LogP contribution in [0.25, 0.3) is 0 Å². The summed E-state index contributed by atoms with van der Waals surface area (Å²) in [6, 6.07) is 23.6. The van der Waals surface area contributed by atoms with E-state index in [9.17, 15) is 9.59 Å². The number of para-hydroxylation sites is 1. The SMILES string of the molecule is CN1C(=O)C(NC(=O)c2cc(Oc3ccccc3)ccn2)COc2ccc(C#Cc3cccc(C#N)n3)cc21. The molecule has 9 nitrogen and oxygen atoms in total. The molecule has 0 saturated heterocycles. The molecule has 0 bridgehead atoms. The normalized spacial score (nSPS) is 14.0. The monoisotopic (exact) mass is 515 g/mol. The molecule has 1 aliphatic rings. The number of pyridine rings is 2. The first-order valence-corrected chi connectivity index (χ1v) is 11.9. The number of fused-ring (bicyclic) bond motifs is 1. The summed E-state index contributed by atoms with van der Waals surface area (Å²) in [5.74, 6) is 6.58. The number of nitriles is 1. The molecule has 0 saturated carbocycles. The average molecular weight is 516 g/mol. The molecule has 39 heavy (non-hydrogen) atoms. The highest BCUT2D eigenvalue weighted by Gasteiger charge is 2.31. The third-order valence-corrected chi connectivity index (χ3v) is 5.80. The number of anilines is 1. The molecule has 1 aliphatic heterocycles. The lowest BCUT2D eigenvalue weighted by Crippen LogP contribution is -2.49. The Morgan fingerprint density at radius 2 is 1.85 bits per heavy atom. The van der Waals surface area contributed by atoms with Crippen molar-refractivity contribution in [2.24, 2.45) is 0 Å². The molecule has 1 atom stereocenters. The van der Waals surface area contributed by atoms with Gasteiger partial charge >= 0.3 is 0 Å². The fraction of sp³-hybridized carbons (Fsp3) is 0.100. The van der Waals surface area contributed by atoms with Crippen LogP contribution in [0.4, 0.5) is 5.69 Å². The number of amides is 2. The fourth-order valence-electron chi connectivity index (χ4n) is 3.84. The highest BCUT2D eigenvalue weighted by atomic mass is 16.5. The molecular weight excluding hydrogens is 494 g/mol. The molecule has 9 heteroatoms. The number of benzene rings is 2. The molecule has 1 N–H and O–H groups in total. The van der Waals surface area contributed by atoms with Gasteiger partial charge in [-0.05, 0) is 54.5 Å². The molecule has 2 amide bonds. The summed E-state index contributed by atoms with van der Waals surface area (Å²) in [6.45, 7) is -0.0575. The molecule has 0 radical (unpaired) electrons. The van der Waals surface area contributed by atoms with E-state index >= 15 is 0 Å². The van der Waals surface area contributed by atoms with Gasteiger partial charge < -0.3 is 19.7 Å². The van der Waals surface area contributed by atoms with Gasteiger partial charge in [0.25, 0.3) is 11.8 Å². The van der Waals surface area contributed by atoms with Crippen molar-refractivity contribution in [1.82, 2.24) is 15.3 Å². The quantitative estimate of drug-likeness (QED) is 0.412. The average Bonchev–Trinajstić information content (AvgIpc) is 3.08. The lowest BCUT2D eigenvalue weighted by atomic mass is 10.1. The largest absolute Gasteiger partial charge is 0.489 e. The summed E-state index contributed by atoms with van der Waals surface area (Å²) in [7, 11) is 1.61. The van der Waals surface area contributed by atoms with Gasteiger partial charge in [0.15, 0.2) is 0 Å². The zero-order valence-corrected chi connectivity index (χ0v) is 20.8. The molecule has 1 unspecified atom stereocenters. The number of hydrogen-bond donors (Lipinski definition) is 1. The minimum absolute atomic E-state index is 0.0575.